The van der Waals surface area contributed by atoms with Gasteiger partial charge in [0, 0.05) is 18.3 Å². The molecule has 1 aliphatic heterocycles. The molecule has 2 aromatic heterocycles. The van der Waals surface area contributed by atoms with Crippen LogP contribution in [0.25, 0.3) is 0 Å². The van der Waals surface area contributed by atoms with Crippen LogP contribution in [0.4, 0.5) is 5.82 Å². The van der Waals surface area contributed by atoms with E-state index in [2.05, 4.69) is 20.1 Å². The zero-order valence-electron chi connectivity index (χ0n) is 14.8. The summed E-state index contributed by atoms with van der Waals surface area (Å²) in [5.74, 6) is -0.206. The van der Waals surface area contributed by atoms with Crippen LogP contribution >= 0.6 is 0 Å². The molecule has 0 spiro atoms. The molecule has 1 unspecified atom stereocenters. The topological polar surface area (TPSA) is 92.1 Å². The lowest BCUT2D eigenvalue weighted by Crippen LogP contribution is -2.36. The summed E-state index contributed by atoms with van der Waals surface area (Å²) in [7, 11) is 4.02. The van der Waals surface area contributed by atoms with Crippen LogP contribution in [0, 0.1) is 23.2 Å². The fraction of sp³-hybridized carbons (Fsp3) is 0.471. The maximum atomic E-state index is 12.9. The number of nitrogens with zero attached hydrogens (tertiary/aromatic N) is 7. The van der Waals surface area contributed by atoms with E-state index in [1.54, 1.807) is 6.20 Å². The van der Waals surface area contributed by atoms with Crippen molar-refractivity contribution in [1.29, 1.82) is 5.26 Å². The number of carbonyl (C=O) groups excluding carboxylic acids is 1. The highest BCUT2D eigenvalue weighted by Crippen LogP contribution is 2.31. The molecular formula is C17H21N7O. The second-order valence-corrected chi connectivity index (χ2v) is 6.76. The van der Waals surface area contributed by atoms with E-state index in [9.17, 15) is 10.1 Å². The van der Waals surface area contributed by atoms with Crippen LogP contribution in [-0.2, 0) is 6.54 Å². The standard InChI is InChI=1S/C17H21N7O/c1-11(2)14-15(13-9-19-23(10-13)6-5-22(3)4)21-16-12(7-18)8-20-24(16)17(14)25/h8-11,14H,5-6H2,1-4H3. The highest BCUT2D eigenvalue weighted by atomic mass is 16.2. The molecule has 0 N–H and O–H groups in total. The Balaban J connectivity index is 2.03. The van der Waals surface area contributed by atoms with Crippen molar-refractivity contribution < 1.29 is 4.79 Å². The van der Waals surface area contributed by atoms with Crippen LogP contribution in [0.15, 0.2) is 23.6 Å². The molecule has 1 aliphatic rings. The van der Waals surface area contributed by atoms with E-state index in [0.29, 0.717) is 17.1 Å². The third kappa shape index (κ3) is 3.10. The number of hydrogen-bond acceptors (Lipinski definition) is 6. The Morgan fingerprint density at radius 1 is 1.32 bits per heavy atom. The molecule has 0 bridgehead atoms. The first-order valence-electron chi connectivity index (χ1n) is 8.21. The van der Waals surface area contributed by atoms with Crippen LogP contribution in [0.5, 0.6) is 0 Å². The number of nitriles is 1. The lowest BCUT2D eigenvalue weighted by molar-refractivity contribution is 0.0828. The molecular weight excluding hydrogens is 318 g/mol. The SMILES string of the molecule is CC(C)C1C(=O)n2ncc(C#N)c2N=C1c1cnn(CCN(C)C)c1. The Labute approximate surface area is 146 Å². The third-order valence-corrected chi connectivity index (χ3v) is 4.23. The molecule has 2 aromatic rings. The minimum absolute atomic E-state index is 0.0549. The number of carbonyl (C=O) groups is 1. The van der Waals surface area contributed by atoms with Gasteiger partial charge in [0.05, 0.1) is 30.6 Å². The van der Waals surface area contributed by atoms with Crippen molar-refractivity contribution in [2.75, 3.05) is 20.6 Å². The number of likely N-dealkylation sites (N-methyl/N-ethyl adjacent to an activating group) is 1. The molecule has 0 aliphatic carbocycles. The van der Waals surface area contributed by atoms with E-state index in [1.165, 1.54) is 10.9 Å². The van der Waals surface area contributed by atoms with Crippen molar-refractivity contribution in [3.05, 3.63) is 29.7 Å². The number of hydrogen-bond donors (Lipinski definition) is 0. The zero-order chi connectivity index (χ0) is 18.1. The van der Waals surface area contributed by atoms with Crippen LogP contribution < -0.4 is 0 Å². The molecule has 1 atom stereocenters. The predicted octanol–water partition coefficient (Wildman–Crippen LogP) is 1.56. The van der Waals surface area contributed by atoms with E-state index in [-0.39, 0.29) is 11.8 Å². The summed E-state index contributed by atoms with van der Waals surface area (Å²) >= 11 is 0. The maximum absolute atomic E-state index is 12.9. The highest BCUT2D eigenvalue weighted by Gasteiger charge is 2.36. The Hall–Kier alpha value is -2.79. The van der Waals surface area contributed by atoms with Crippen LogP contribution in [0.3, 0.4) is 0 Å². The van der Waals surface area contributed by atoms with Gasteiger partial charge in [0.2, 0.25) is 0 Å². The van der Waals surface area contributed by atoms with Gasteiger partial charge in [0.25, 0.3) is 5.91 Å². The second-order valence-electron chi connectivity index (χ2n) is 6.76. The van der Waals surface area contributed by atoms with Gasteiger partial charge in [-0.1, -0.05) is 13.8 Å². The second kappa shape index (κ2) is 6.61. The Kier molecular flexibility index (Phi) is 4.51. The van der Waals surface area contributed by atoms with Crippen LogP contribution in [-0.4, -0.2) is 56.7 Å². The van der Waals surface area contributed by atoms with Gasteiger partial charge in [-0.25, -0.2) is 4.99 Å². The number of aliphatic imine (C=N–C) groups is 1. The minimum Gasteiger partial charge on any atom is -0.308 e. The fourth-order valence-corrected chi connectivity index (χ4v) is 2.89. The van der Waals surface area contributed by atoms with E-state index in [4.69, 9.17) is 0 Å². The van der Waals surface area contributed by atoms with Crippen molar-refractivity contribution >= 4 is 17.4 Å². The summed E-state index contributed by atoms with van der Waals surface area (Å²) in [4.78, 5) is 19.6. The first-order valence-corrected chi connectivity index (χ1v) is 8.21. The lowest BCUT2D eigenvalue weighted by atomic mass is 9.86. The molecule has 25 heavy (non-hydrogen) atoms. The number of fused-ring (bicyclic) bond motifs is 1. The summed E-state index contributed by atoms with van der Waals surface area (Å²) in [6.45, 7) is 5.58. The summed E-state index contributed by atoms with van der Waals surface area (Å²) in [5, 5.41) is 17.6. The number of rotatable bonds is 5. The Bertz CT molecular complexity index is 866. The highest BCUT2D eigenvalue weighted by molar-refractivity contribution is 6.16. The van der Waals surface area contributed by atoms with Crippen molar-refractivity contribution in [3.8, 4) is 6.07 Å². The first-order chi connectivity index (χ1) is 11.9. The predicted molar refractivity (Wildman–Crippen MR) is 92.9 cm³/mol. The van der Waals surface area contributed by atoms with Gasteiger partial charge in [-0.3, -0.25) is 9.48 Å². The largest absolute Gasteiger partial charge is 0.308 e. The molecule has 0 amide bonds. The van der Waals surface area contributed by atoms with Crippen molar-refractivity contribution in [3.63, 3.8) is 0 Å². The van der Waals surface area contributed by atoms with E-state index >= 15 is 0 Å². The van der Waals surface area contributed by atoms with E-state index in [0.717, 1.165) is 18.7 Å². The first kappa shape index (κ1) is 17.0. The lowest BCUT2D eigenvalue weighted by Gasteiger charge is -2.25. The van der Waals surface area contributed by atoms with E-state index < -0.39 is 5.92 Å². The van der Waals surface area contributed by atoms with Crippen molar-refractivity contribution in [1.82, 2.24) is 24.5 Å². The summed E-state index contributed by atoms with van der Waals surface area (Å²) in [6.07, 6.45) is 5.02. The van der Waals surface area contributed by atoms with Gasteiger partial charge in [-0.2, -0.15) is 20.1 Å². The van der Waals surface area contributed by atoms with Crippen molar-refractivity contribution in [2.24, 2.45) is 16.8 Å². The van der Waals surface area contributed by atoms with Gasteiger partial charge < -0.3 is 4.90 Å². The van der Waals surface area contributed by atoms with Crippen LogP contribution in [0.1, 0.15) is 29.8 Å². The van der Waals surface area contributed by atoms with Gasteiger partial charge in [-0.05, 0) is 20.0 Å². The zero-order valence-corrected chi connectivity index (χ0v) is 14.8. The molecule has 0 saturated carbocycles. The van der Waals surface area contributed by atoms with Crippen LogP contribution in [0.2, 0.25) is 0 Å². The monoisotopic (exact) mass is 339 g/mol. The summed E-state index contributed by atoms with van der Waals surface area (Å²) in [6, 6.07) is 2.04. The van der Waals surface area contributed by atoms with Gasteiger partial charge in [0.1, 0.15) is 11.6 Å². The normalized spacial score (nSPS) is 16.9. The molecule has 3 heterocycles. The van der Waals surface area contributed by atoms with Gasteiger partial charge in [0.15, 0.2) is 5.82 Å². The Morgan fingerprint density at radius 3 is 2.72 bits per heavy atom. The molecule has 0 aromatic carbocycles. The Morgan fingerprint density at radius 2 is 2.08 bits per heavy atom. The molecule has 0 saturated heterocycles. The number of aromatic nitrogens is 4. The minimum atomic E-state index is -0.412. The molecule has 8 nitrogen and oxygen atoms in total. The maximum Gasteiger partial charge on any atom is 0.258 e. The molecule has 8 heteroatoms. The summed E-state index contributed by atoms with van der Waals surface area (Å²) < 4.78 is 3.08. The average Bonchev–Trinajstić information content (AvgIpc) is 3.18. The molecule has 0 fully saturated rings. The van der Waals surface area contributed by atoms with Crippen molar-refractivity contribution in [2.45, 2.75) is 20.4 Å². The average molecular weight is 339 g/mol. The quantitative estimate of drug-likeness (QED) is 0.824. The molecule has 130 valence electrons. The molecule has 3 rings (SSSR count). The van der Waals surface area contributed by atoms with Gasteiger partial charge in [-0.15, -0.1) is 0 Å². The molecule has 0 radical (unpaired) electrons. The van der Waals surface area contributed by atoms with Gasteiger partial charge >= 0.3 is 0 Å². The third-order valence-electron chi connectivity index (χ3n) is 4.23. The summed E-state index contributed by atoms with van der Waals surface area (Å²) in [5.41, 5.74) is 1.76. The fourth-order valence-electron chi connectivity index (χ4n) is 2.89. The smallest absolute Gasteiger partial charge is 0.258 e. The van der Waals surface area contributed by atoms with E-state index in [1.807, 2.05) is 44.9 Å².